The van der Waals surface area contributed by atoms with Crippen molar-refractivity contribution in [2.75, 3.05) is 19.0 Å². The lowest BCUT2D eigenvalue weighted by molar-refractivity contribution is 0.575. The second-order valence-electron chi connectivity index (χ2n) is 11.9. The summed E-state index contributed by atoms with van der Waals surface area (Å²) in [5.41, 5.74) is 6.55. The fraction of sp³-hybridized carbons (Fsp3) is 0.375. The van der Waals surface area contributed by atoms with E-state index in [0.717, 1.165) is 36.3 Å². The second-order valence-corrected chi connectivity index (χ2v) is 18.2. The fourth-order valence-corrected chi connectivity index (χ4v) is 12.0. The van der Waals surface area contributed by atoms with Crippen LogP contribution < -0.4 is 9.62 Å². The summed E-state index contributed by atoms with van der Waals surface area (Å²) in [6.07, 6.45) is 2.76. The van der Waals surface area contributed by atoms with Crippen LogP contribution >= 0.6 is 0 Å². The van der Waals surface area contributed by atoms with Crippen LogP contribution in [0, 0.1) is 0 Å². The molecule has 0 radical (unpaired) electrons. The van der Waals surface area contributed by atoms with Gasteiger partial charge in [0.2, 0.25) is 10.0 Å². The highest BCUT2D eigenvalue weighted by Gasteiger charge is 2.32. The molecule has 0 saturated heterocycles. The van der Waals surface area contributed by atoms with Gasteiger partial charge in [0.05, 0.1) is 36.6 Å². The molecule has 0 saturated carbocycles. The molecule has 1 heterocycles. The van der Waals surface area contributed by atoms with Crippen LogP contribution in [0.1, 0.15) is 32.9 Å². The molecule has 0 aliphatic carbocycles. The number of sulfonamides is 1. The maximum atomic E-state index is 12.9. The van der Waals surface area contributed by atoms with E-state index in [9.17, 15) is 8.42 Å². The predicted octanol–water partition coefficient (Wildman–Crippen LogP) is 7.81. The molecule has 2 aromatic carbocycles. The van der Waals surface area contributed by atoms with E-state index in [0.29, 0.717) is 23.6 Å². The number of nitrogens with zero attached hydrogens (tertiary/aromatic N) is 6. The van der Waals surface area contributed by atoms with Crippen LogP contribution in [-0.4, -0.2) is 45.6 Å². The molecule has 3 aromatic rings. The molecule has 0 aliphatic rings. The summed E-state index contributed by atoms with van der Waals surface area (Å²) in [6.45, 7) is 19.7. The Balaban J connectivity index is 1.55. The van der Waals surface area contributed by atoms with Crippen LogP contribution in [0.15, 0.2) is 106 Å². The van der Waals surface area contributed by atoms with Crippen molar-refractivity contribution in [1.82, 2.24) is 19.7 Å². The number of hydrogen-bond acceptors (Lipinski definition) is 7. The van der Waals surface area contributed by atoms with E-state index in [4.69, 9.17) is 0 Å². The first-order chi connectivity index (χ1) is 20.3. The summed E-state index contributed by atoms with van der Waals surface area (Å²) >= 11 is 0. The predicted molar refractivity (Wildman–Crippen MR) is 179 cm³/mol. The molecule has 0 fully saturated rings. The molecule has 11 heteroatoms. The van der Waals surface area contributed by atoms with Crippen LogP contribution in [0.4, 0.5) is 17.1 Å². The average Bonchev–Trinajstić information content (AvgIpc) is 3.38. The van der Waals surface area contributed by atoms with Gasteiger partial charge in [-0.15, -0.1) is 24.8 Å². The number of hydrogen-bond donors (Lipinski definition) is 1. The standard InChI is InChI=1S/C32H45N7O2SSi/c1-25(2)22-43(23-26(3)4,24-27(5)6)19-9-18-39-21-30(36-37-39)20-33-42(40,41)32-16-12-29(13-17-32)35-34-28-10-14-31(15-11-28)38(7)8/h10-17,21,33H,1,3,5,9,18-20,22-24H2,2,4,6-8H3/b35-34+. The molecule has 9 nitrogen and oxygen atoms in total. The van der Waals surface area contributed by atoms with Gasteiger partial charge in [0.15, 0.2) is 0 Å². The number of anilines is 1. The van der Waals surface area contributed by atoms with Crippen LogP contribution in [0.3, 0.4) is 0 Å². The molecule has 0 unspecified atom stereocenters. The Kier molecular flexibility index (Phi) is 11.9. The number of aromatic nitrogens is 3. The molecule has 1 N–H and O–H groups in total. The number of allylic oxidation sites excluding steroid dienone is 3. The van der Waals surface area contributed by atoms with Gasteiger partial charge < -0.3 is 4.90 Å². The average molecular weight is 620 g/mol. The van der Waals surface area contributed by atoms with Gasteiger partial charge in [-0.2, -0.15) is 10.2 Å². The topological polar surface area (TPSA) is 105 Å². The Morgan fingerprint density at radius 3 is 1.88 bits per heavy atom. The Morgan fingerprint density at radius 2 is 1.40 bits per heavy atom. The van der Waals surface area contributed by atoms with E-state index in [2.05, 4.69) is 65.8 Å². The van der Waals surface area contributed by atoms with Crippen LogP contribution in [0.25, 0.3) is 0 Å². The highest BCUT2D eigenvalue weighted by Crippen LogP contribution is 2.35. The Labute approximate surface area is 258 Å². The lowest BCUT2D eigenvalue weighted by Crippen LogP contribution is -2.35. The van der Waals surface area contributed by atoms with Gasteiger partial charge in [0.1, 0.15) is 0 Å². The maximum Gasteiger partial charge on any atom is 0.240 e. The molecule has 0 amide bonds. The Hall–Kier alpha value is -3.67. The summed E-state index contributed by atoms with van der Waals surface area (Å²) in [4.78, 5) is 2.15. The zero-order valence-electron chi connectivity index (χ0n) is 26.2. The van der Waals surface area contributed by atoms with Crippen LogP contribution in [0.2, 0.25) is 24.2 Å². The minimum absolute atomic E-state index is 0.0480. The van der Waals surface area contributed by atoms with Gasteiger partial charge in [-0.25, -0.2) is 13.1 Å². The normalized spacial score (nSPS) is 12.0. The third-order valence-electron chi connectivity index (χ3n) is 6.95. The maximum absolute atomic E-state index is 12.9. The Morgan fingerprint density at radius 1 is 0.884 bits per heavy atom. The largest absolute Gasteiger partial charge is 0.378 e. The molecular weight excluding hydrogens is 575 g/mol. The number of aryl methyl sites for hydroxylation is 1. The molecule has 0 spiro atoms. The summed E-state index contributed by atoms with van der Waals surface area (Å²) < 4.78 is 30.2. The summed E-state index contributed by atoms with van der Waals surface area (Å²) in [6, 6.07) is 18.3. The smallest absolute Gasteiger partial charge is 0.240 e. The van der Waals surface area contributed by atoms with Gasteiger partial charge in [-0.05, 0) is 93.9 Å². The van der Waals surface area contributed by atoms with Crippen molar-refractivity contribution in [3.63, 3.8) is 0 Å². The third-order valence-corrected chi connectivity index (χ3v) is 13.8. The molecule has 43 heavy (non-hydrogen) atoms. The SMILES string of the molecule is C=C(C)C[Si](CCCn1cc(CNS(=O)(=O)c2ccc(/N=N/c3ccc(N(C)C)cc3)cc2)nn1)(CC(=C)C)CC(=C)C. The van der Waals surface area contributed by atoms with E-state index < -0.39 is 18.1 Å². The summed E-state index contributed by atoms with van der Waals surface area (Å²) in [5.74, 6) is 0. The van der Waals surface area contributed by atoms with Crippen molar-refractivity contribution in [3.05, 3.63) is 96.9 Å². The molecular formula is C32H45N7O2SSi. The van der Waals surface area contributed by atoms with Gasteiger partial charge in [0, 0.05) is 32.5 Å². The van der Waals surface area contributed by atoms with Crippen molar-refractivity contribution in [1.29, 1.82) is 0 Å². The first-order valence-electron chi connectivity index (χ1n) is 14.4. The molecule has 0 bridgehead atoms. The third kappa shape index (κ3) is 10.8. The molecule has 3 rings (SSSR count). The number of rotatable bonds is 17. The molecule has 0 atom stereocenters. The van der Waals surface area contributed by atoms with Crippen molar-refractivity contribution in [2.45, 2.75) is 69.4 Å². The molecule has 0 aliphatic heterocycles. The fourth-order valence-electron chi connectivity index (χ4n) is 5.40. The number of nitrogens with one attached hydrogen (secondary N) is 1. The lowest BCUT2D eigenvalue weighted by atomic mass is 10.3. The van der Waals surface area contributed by atoms with E-state index in [1.54, 1.807) is 23.0 Å². The zero-order chi connectivity index (χ0) is 31.6. The summed E-state index contributed by atoms with van der Waals surface area (Å²) in [5, 5.41) is 16.9. The van der Waals surface area contributed by atoms with Gasteiger partial charge in [-0.3, -0.25) is 4.68 Å². The van der Waals surface area contributed by atoms with Crippen LogP contribution in [-0.2, 0) is 23.1 Å². The zero-order valence-corrected chi connectivity index (χ0v) is 28.0. The van der Waals surface area contributed by atoms with E-state index in [-0.39, 0.29) is 11.4 Å². The highest BCUT2D eigenvalue weighted by molar-refractivity contribution is 7.89. The quantitative estimate of drug-likeness (QED) is 0.0943. The van der Waals surface area contributed by atoms with E-state index in [1.807, 2.05) is 43.3 Å². The van der Waals surface area contributed by atoms with E-state index >= 15 is 0 Å². The van der Waals surface area contributed by atoms with E-state index in [1.165, 1.54) is 28.9 Å². The minimum atomic E-state index is -3.74. The number of benzene rings is 2. The first-order valence-corrected chi connectivity index (χ1v) is 18.7. The van der Waals surface area contributed by atoms with Crippen LogP contribution in [0.5, 0.6) is 0 Å². The Bertz CT molecular complexity index is 1500. The number of azo groups is 1. The lowest BCUT2D eigenvalue weighted by Gasteiger charge is -2.33. The van der Waals surface area contributed by atoms with Crippen molar-refractivity contribution in [3.8, 4) is 0 Å². The van der Waals surface area contributed by atoms with Gasteiger partial charge in [0.25, 0.3) is 0 Å². The first kappa shape index (κ1) is 33.8. The van der Waals surface area contributed by atoms with Gasteiger partial charge in [-0.1, -0.05) is 28.0 Å². The highest BCUT2D eigenvalue weighted by atomic mass is 32.2. The molecule has 1 aromatic heterocycles. The van der Waals surface area contributed by atoms with Gasteiger partial charge >= 0.3 is 0 Å². The van der Waals surface area contributed by atoms with Crippen molar-refractivity contribution in [2.24, 2.45) is 10.2 Å². The van der Waals surface area contributed by atoms with Crippen molar-refractivity contribution >= 4 is 35.2 Å². The summed E-state index contributed by atoms with van der Waals surface area (Å²) in [7, 11) is -1.50. The van der Waals surface area contributed by atoms with Crippen molar-refractivity contribution < 1.29 is 8.42 Å². The minimum Gasteiger partial charge on any atom is -0.378 e. The second kappa shape index (κ2) is 15.2. The monoisotopic (exact) mass is 619 g/mol. The molecule has 230 valence electrons.